The maximum absolute atomic E-state index is 12.8. The first kappa shape index (κ1) is 20.6. The van der Waals surface area contributed by atoms with Crippen LogP contribution in [0.2, 0.25) is 0 Å². The van der Waals surface area contributed by atoms with Gasteiger partial charge in [-0.3, -0.25) is 14.5 Å². The van der Waals surface area contributed by atoms with Crippen molar-refractivity contribution >= 4 is 11.9 Å². The van der Waals surface area contributed by atoms with Gasteiger partial charge in [0.15, 0.2) is 0 Å². The van der Waals surface area contributed by atoms with Gasteiger partial charge in [0.05, 0.1) is 19.6 Å². The summed E-state index contributed by atoms with van der Waals surface area (Å²) in [6.07, 6.45) is 2.62. The van der Waals surface area contributed by atoms with Crippen LogP contribution in [0.1, 0.15) is 36.5 Å². The molecule has 1 aromatic carbocycles. The summed E-state index contributed by atoms with van der Waals surface area (Å²) in [7, 11) is 0. The van der Waals surface area contributed by atoms with Crippen LogP contribution in [-0.2, 0) is 9.53 Å². The fourth-order valence-corrected chi connectivity index (χ4v) is 3.82. The van der Waals surface area contributed by atoms with E-state index in [1.54, 1.807) is 31.2 Å². The largest absolute Gasteiger partial charge is 0.493 e. The molecule has 0 unspecified atom stereocenters. The van der Waals surface area contributed by atoms with Crippen LogP contribution in [0.25, 0.3) is 0 Å². The van der Waals surface area contributed by atoms with Gasteiger partial charge < -0.3 is 19.7 Å². The number of amides is 1. The van der Waals surface area contributed by atoms with Crippen LogP contribution in [0, 0.1) is 0 Å². The summed E-state index contributed by atoms with van der Waals surface area (Å²) >= 11 is 0. The highest BCUT2D eigenvalue weighted by Crippen LogP contribution is 2.18. The first-order valence-electron chi connectivity index (χ1n) is 10.3. The molecule has 0 saturated carbocycles. The number of piperidine rings is 1. The topological polar surface area (TPSA) is 71.1 Å². The van der Waals surface area contributed by atoms with E-state index in [2.05, 4.69) is 10.2 Å². The third-order valence-electron chi connectivity index (χ3n) is 5.41. The predicted octanol–water partition coefficient (Wildman–Crippen LogP) is 1.53. The minimum atomic E-state index is -0.266. The molecule has 0 bridgehead atoms. The van der Waals surface area contributed by atoms with Crippen LogP contribution in [0.3, 0.4) is 0 Å². The minimum absolute atomic E-state index is 0.0723. The molecule has 1 N–H and O–H groups in total. The van der Waals surface area contributed by atoms with Gasteiger partial charge in [-0.25, -0.2) is 0 Å². The van der Waals surface area contributed by atoms with Crippen molar-refractivity contribution in [1.29, 1.82) is 0 Å². The Labute approximate surface area is 167 Å². The second-order valence-corrected chi connectivity index (χ2v) is 7.24. The van der Waals surface area contributed by atoms with E-state index in [0.29, 0.717) is 24.0 Å². The van der Waals surface area contributed by atoms with Gasteiger partial charge in [0, 0.05) is 37.8 Å². The van der Waals surface area contributed by atoms with Gasteiger partial charge >= 0.3 is 5.97 Å². The number of carbonyl (C=O) groups is 2. The molecular formula is C21H31N3O4. The highest BCUT2D eigenvalue weighted by molar-refractivity contribution is 5.94. The lowest BCUT2D eigenvalue weighted by Crippen LogP contribution is -2.53. The predicted molar refractivity (Wildman–Crippen MR) is 107 cm³/mol. The maximum Gasteiger partial charge on any atom is 0.309 e. The highest BCUT2D eigenvalue weighted by atomic mass is 16.5. The molecule has 28 heavy (non-hydrogen) atoms. The van der Waals surface area contributed by atoms with Crippen LogP contribution in [0.5, 0.6) is 5.75 Å². The van der Waals surface area contributed by atoms with Gasteiger partial charge in [0.2, 0.25) is 0 Å². The van der Waals surface area contributed by atoms with E-state index >= 15 is 0 Å². The summed E-state index contributed by atoms with van der Waals surface area (Å²) < 4.78 is 10.4. The van der Waals surface area contributed by atoms with E-state index in [-0.39, 0.29) is 24.9 Å². The highest BCUT2D eigenvalue weighted by Gasteiger charge is 2.27. The van der Waals surface area contributed by atoms with Crippen molar-refractivity contribution in [2.75, 3.05) is 52.5 Å². The van der Waals surface area contributed by atoms with Crippen molar-refractivity contribution in [3.05, 3.63) is 29.8 Å². The minimum Gasteiger partial charge on any atom is -0.493 e. The van der Waals surface area contributed by atoms with Crippen molar-refractivity contribution < 1.29 is 19.1 Å². The van der Waals surface area contributed by atoms with Crippen LogP contribution in [0.4, 0.5) is 0 Å². The molecule has 2 fully saturated rings. The molecule has 0 spiro atoms. The van der Waals surface area contributed by atoms with Crippen molar-refractivity contribution in [3.8, 4) is 5.75 Å². The maximum atomic E-state index is 12.8. The number of esters is 1. The summed E-state index contributed by atoms with van der Waals surface area (Å²) in [6.45, 7) is 8.07. The third kappa shape index (κ3) is 5.69. The zero-order chi connectivity index (χ0) is 19.8. The monoisotopic (exact) mass is 389 g/mol. The Morgan fingerprint density at radius 3 is 2.39 bits per heavy atom. The van der Waals surface area contributed by atoms with Gasteiger partial charge in [0.1, 0.15) is 5.75 Å². The molecule has 2 saturated heterocycles. The van der Waals surface area contributed by atoms with Gasteiger partial charge in [-0.05, 0) is 57.1 Å². The molecule has 7 heteroatoms. The first-order chi connectivity index (χ1) is 13.7. The number of carbonyl (C=O) groups excluding carboxylic acids is 2. The first-order valence-corrected chi connectivity index (χ1v) is 10.3. The van der Waals surface area contributed by atoms with Crippen LogP contribution in [0.15, 0.2) is 24.3 Å². The van der Waals surface area contributed by atoms with Crippen LogP contribution in [-0.4, -0.2) is 80.2 Å². The van der Waals surface area contributed by atoms with E-state index in [0.717, 1.165) is 39.3 Å². The summed E-state index contributed by atoms with van der Waals surface area (Å²) in [4.78, 5) is 28.6. The number of hydrogen-bond donors (Lipinski definition) is 1. The van der Waals surface area contributed by atoms with E-state index in [1.807, 2.05) is 4.90 Å². The van der Waals surface area contributed by atoms with E-state index in [1.165, 1.54) is 12.8 Å². The smallest absolute Gasteiger partial charge is 0.309 e. The molecule has 0 aromatic heterocycles. The molecule has 0 atom stereocenters. The molecule has 2 aliphatic heterocycles. The average molecular weight is 389 g/mol. The molecule has 1 amide bonds. The molecule has 1 aromatic rings. The zero-order valence-corrected chi connectivity index (χ0v) is 16.7. The van der Waals surface area contributed by atoms with E-state index in [9.17, 15) is 9.59 Å². The lowest BCUT2D eigenvalue weighted by Gasteiger charge is -2.40. The summed E-state index contributed by atoms with van der Waals surface area (Å²) in [5, 5.41) is 3.41. The van der Waals surface area contributed by atoms with Crippen LogP contribution >= 0.6 is 0 Å². The fraction of sp³-hybridized carbons (Fsp3) is 0.619. The molecule has 0 aliphatic carbocycles. The van der Waals surface area contributed by atoms with Crippen molar-refractivity contribution in [2.45, 2.75) is 32.2 Å². The normalized spacial score (nSPS) is 18.7. The van der Waals surface area contributed by atoms with Gasteiger partial charge in [0.25, 0.3) is 5.91 Å². The van der Waals surface area contributed by atoms with Crippen molar-refractivity contribution in [1.82, 2.24) is 15.1 Å². The number of ether oxygens (including phenoxy) is 2. The second kappa shape index (κ2) is 10.4. The third-order valence-corrected chi connectivity index (χ3v) is 5.41. The molecule has 7 nitrogen and oxygen atoms in total. The van der Waals surface area contributed by atoms with E-state index < -0.39 is 0 Å². The number of piperazine rings is 1. The summed E-state index contributed by atoms with van der Waals surface area (Å²) in [5.74, 6) is 0.456. The fourth-order valence-electron chi connectivity index (χ4n) is 3.82. The quantitative estimate of drug-likeness (QED) is 0.713. The SMILES string of the molecule is CCOC(=O)CCOc1ccc(C(=O)N2CCN(C3CCNCC3)CC2)cc1. The lowest BCUT2D eigenvalue weighted by molar-refractivity contribution is -0.143. The summed E-state index contributed by atoms with van der Waals surface area (Å²) in [5.41, 5.74) is 0.674. The number of nitrogens with one attached hydrogen (secondary N) is 1. The standard InChI is InChI=1S/C21H31N3O4/c1-2-27-20(25)9-16-28-19-5-3-17(4-6-19)21(26)24-14-12-23(13-15-24)18-7-10-22-11-8-18/h3-6,18,22H,2,7-16H2,1H3. The number of hydrogen-bond acceptors (Lipinski definition) is 6. The van der Waals surface area contributed by atoms with Gasteiger partial charge in [-0.1, -0.05) is 0 Å². The van der Waals surface area contributed by atoms with Gasteiger partial charge in [-0.2, -0.15) is 0 Å². The Kier molecular flexibility index (Phi) is 7.68. The molecule has 0 radical (unpaired) electrons. The Morgan fingerprint density at radius 2 is 1.75 bits per heavy atom. The lowest BCUT2D eigenvalue weighted by atomic mass is 10.0. The zero-order valence-electron chi connectivity index (χ0n) is 16.7. The molecule has 3 rings (SSSR count). The Bertz CT molecular complexity index is 636. The number of nitrogens with zero attached hydrogens (tertiary/aromatic N) is 2. The number of benzene rings is 1. The van der Waals surface area contributed by atoms with Gasteiger partial charge in [-0.15, -0.1) is 0 Å². The molecule has 2 heterocycles. The summed E-state index contributed by atoms with van der Waals surface area (Å²) in [6, 6.07) is 7.81. The number of rotatable bonds is 7. The second-order valence-electron chi connectivity index (χ2n) is 7.24. The molecule has 2 aliphatic rings. The van der Waals surface area contributed by atoms with Crippen LogP contribution < -0.4 is 10.1 Å². The van der Waals surface area contributed by atoms with Crippen molar-refractivity contribution in [2.24, 2.45) is 0 Å². The Morgan fingerprint density at radius 1 is 1.07 bits per heavy atom. The molecule has 154 valence electrons. The van der Waals surface area contributed by atoms with E-state index in [4.69, 9.17) is 9.47 Å². The average Bonchev–Trinajstić information content (AvgIpc) is 2.75. The Balaban J connectivity index is 1.44. The Hall–Kier alpha value is -2.12. The molecular weight excluding hydrogens is 358 g/mol. The van der Waals surface area contributed by atoms with Crippen molar-refractivity contribution in [3.63, 3.8) is 0 Å².